The molecule has 130 valence electrons. The van der Waals surface area contributed by atoms with E-state index in [-0.39, 0.29) is 17.9 Å². The molecule has 2 aromatic carbocycles. The van der Waals surface area contributed by atoms with E-state index in [0.29, 0.717) is 10.6 Å². The van der Waals surface area contributed by atoms with Crippen LogP contribution >= 0.6 is 11.6 Å². The Morgan fingerprint density at radius 1 is 1.16 bits per heavy atom. The number of carbonyl (C=O) groups is 1. The highest BCUT2D eigenvalue weighted by atomic mass is 35.5. The van der Waals surface area contributed by atoms with Crippen molar-refractivity contribution in [3.05, 3.63) is 63.9 Å². The van der Waals surface area contributed by atoms with Gasteiger partial charge in [-0.3, -0.25) is 4.79 Å². The Morgan fingerprint density at radius 2 is 1.84 bits per heavy atom. The van der Waals surface area contributed by atoms with Gasteiger partial charge >= 0.3 is 0 Å². The van der Waals surface area contributed by atoms with Gasteiger partial charge in [-0.2, -0.15) is 0 Å². The van der Waals surface area contributed by atoms with Crippen LogP contribution in [0.15, 0.2) is 36.4 Å². The van der Waals surface area contributed by atoms with E-state index < -0.39 is 0 Å². The van der Waals surface area contributed by atoms with Crippen LogP contribution in [0.2, 0.25) is 5.02 Å². The summed E-state index contributed by atoms with van der Waals surface area (Å²) in [5, 5.41) is 3.51. The van der Waals surface area contributed by atoms with E-state index in [1.807, 2.05) is 6.07 Å². The van der Waals surface area contributed by atoms with Gasteiger partial charge in [-0.05, 0) is 55.2 Å². The van der Waals surface area contributed by atoms with E-state index in [1.165, 1.54) is 11.1 Å². The summed E-state index contributed by atoms with van der Waals surface area (Å²) >= 11 is 6.14. The zero-order valence-electron chi connectivity index (χ0n) is 14.9. The lowest BCUT2D eigenvalue weighted by atomic mass is 10.0. The SMILES string of the molecule is Cc1cc2nc(C(NC(=O)c3ccccc3Cl)C(C)C)[nH]c2cc1C. The number of carbonyl (C=O) groups excluding carboxylic acids is 1. The van der Waals surface area contributed by atoms with Crippen molar-refractivity contribution < 1.29 is 4.79 Å². The third kappa shape index (κ3) is 3.54. The number of amides is 1. The number of fused-ring (bicyclic) bond motifs is 1. The maximum atomic E-state index is 12.6. The fourth-order valence-corrected chi connectivity index (χ4v) is 3.07. The fourth-order valence-electron chi connectivity index (χ4n) is 2.85. The molecule has 0 saturated heterocycles. The van der Waals surface area contributed by atoms with Crippen molar-refractivity contribution in [1.29, 1.82) is 0 Å². The lowest BCUT2D eigenvalue weighted by molar-refractivity contribution is 0.0923. The molecule has 1 aromatic heterocycles. The van der Waals surface area contributed by atoms with Gasteiger partial charge in [-0.1, -0.05) is 37.6 Å². The lowest BCUT2D eigenvalue weighted by Crippen LogP contribution is -2.32. The van der Waals surface area contributed by atoms with Gasteiger partial charge in [0.1, 0.15) is 5.82 Å². The summed E-state index contributed by atoms with van der Waals surface area (Å²) in [5.41, 5.74) is 4.78. The number of rotatable bonds is 4. The number of nitrogens with zero attached hydrogens (tertiary/aromatic N) is 1. The lowest BCUT2D eigenvalue weighted by Gasteiger charge is -2.20. The summed E-state index contributed by atoms with van der Waals surface area (Å²) in [6.07, 6.45) is 0. The van der Waals surface area contributed by atoms with E-state index >= 15 is 0 Å². The Morgan fingerprint density at radius 3 is 2.52 bits per heavy atom. The number of nitrogens with one attached hydrogen (secondary N) is 2. The second kappa shape index (κ2) is 6.89. The Kier molecular flexibility index (Phi) is 4.82. The van der Waals surface area contributed by atoms with Crippen LogP contribution in [0.25, 0.3) is 11.0 Å². The molecular formula is C20H22ClN3O. The molecule has 1 amide bonds. The first-order valence-electron chi connectivity index (χ1n) is 8.39. The number of halogens is 1. The highest BCUT2D eigenvalue weighted by Gasteiger charge is 2.23. The molecule has 0 aliphatic heterocycles. The normalized spacial score (nSPS) is 12.6. The van der Waals surface area contributed by atoms with Crippen LogP contribution in [0.1, 0.15) is 47.2 Å². The van der Waals surface area contributed by atoms with Crippen LogP contribution in [0, 0.1) is 19.8 Å². The van der Waals surface area contributed by atoms with Gasteiger partial charge in [0.15, 0.2) is 0 Å². The van der Waals surface area contributed by atoms with Crippen molar-refractivity contribution in [2.24, 2.45) is 5.92 Å². The maximum Gasteiger partial charge on any atom is 0.253 e. The van der Waals surface area contributed by atoms with Crippen LogP contribution in [0.3, 0.4) is 0 Å². The van der Waals surface area contributed by atoms with Gasteiger partial charge in [0.2, 0.25) is 0 Å². The van der Waals surface area contributed by atoms with Crippen LogP contribution in [0.4, 0.5) is 0 Å². The predicted octanol–water partition coefficient (Wildman–Crippen LogP) is 4.96. The second-order valence-electron chi connectivity index (χ2n) is 6.75. The summed E-state index contributed by atoms with van der Waals surface area (Å²) in [6.45, 7) is 8.26. The molecule has 0 aliphatic rings. The number of hydrogen-bond donors (Lipinski definition) is 2. The van der Waals surface area contributed by atoms with Gasteiger partial charge in [0, 0.05) is 0 Å². The molecule has 5 heteroatoms. The van der Waals surface area contributed by atoms with E-state index in [4.69, 9.17) is 16.6 Å². The number of aromatic nitrogens is 2. The summed E-state index contributed by atoms with van der Waals surface area (Å²) < 4.78 is 0. The van der Waals surface area contributed by atoms with Gasteiger partial charge in [0.25, 0.3) is 5.91 Å². The molecule has 0 fully saturated rings. The van der Waals surface area contributed by atoms with Crippen LogP contribution < -0.4 is 5.32 Å². The van der Waals surface area contributed by atoms with E-state index in [0.717, 1.165) is 16.9 Å². The Balaban J connectivity index is 1.94. The van der Waals surface area contributed by atoms with Crippen molar-refractivity contribution in [3.63, 3.8) is 0 Å². The Labute approximate surface area is 152 Å². The quantitative estimate of drug-likeness (QED) is 0.694. The summed E-state index contributed by atoms with van der Waals surface area (Å²) in [5.74, 6) is 0.738. The van der Waals surface area contributed by atoms with Crippen LogP contribution in [0.5, 0.6) is 0 Å². The average Bonchev–Trinajstić information content (AvgIpc) is 2.95. The molecule has 25 heavy (non-hydrogen) atoms. The Hall–Kier alpha value is -2.33. The molecule has 3 rings (SSSR count). The topological polar surface area (TPSA) is 57.8 Å². The summed E-state index contributed by atoms with van der Waals surface area (Å²) in [6, 6.07) is 11.0. The molecule has 3 aromatic rings. The minimum atomic E-state index is -0.225. The molecule has 0 bridgehead atoms. The van der Waals surface area contributed by atoms with E-state index in [2.05, 4.69) is 50.1 Å². The zero-order valence-corrected chi connectivity index (χ0v) is 15.6. The van der Waals surface area contributed by atoms with Crippen molar-refractivity contribution in [2.75, 3.05) is 0 Å². The van der Waals surface area contributed by atoms with Gasteiger partial charge in [-0.25, -0.2) is 4.98 Å². The summed E-state index contributed by atoms with van der Waals surface area (Å²) in [7, 11) is 0. The fraction of sp³-hybridized carbons (Fsp3) is 0.300. The highest BCUT2D eigenvalue weighted by Crippen LogP contribution is 2.25. The summed E-state index contributed by atoms with van der Waals surface area (Å²) in [4.78, 5) is 20.7. The van der Waals surface area contributed by atoms with Gasteiger partial charge < -0.3 is 10.3 Å². The number of imidazole rings is 1. The predicted molar refractivity (Wildman–Crippen MR) is 102 cm³/mol. The highest BCUT2D eigenvalue weighted by molar-refractivity contribution is 6.33. The first-order chi connectivity index (χ1) is 11.9. The average molecular weight is 356 g/mol. The molecule has 0 saturated carbocycles. The second-order valence-corrected chi connectivity index (χ2v) is 7.16. The first kappa shape index (κ1) is 17.5. The van der Waals surface area contributed by atoms with Crippen molar-refractivity contribution in [2.45, 2.75) is 33.7 Å². The minimum absolute atomic E-state index is 0.175. The van der Waals surface area contributed by atoms with Crippen molar-refractivity contribution in [3.8, 4) is 0 Å². The molecule has 1 atom stereocenters. The smallest absolute Gasteiger partial charge is 0.253 e. The van der Waals surface area contributed by atoms with Gasteiger partial charge in [-0.15, -0.1) is 0 Å². The monoisotopic (exact) mass is 355 g/mol. The van der Waals surface area contributed by atoms with Crippen LogP contribution in [-0.4, -0.2) is 15.9 Å². The number of aryl methyl sites for hydroxylation is 2. The van der Waals surface area contributed by atoms with Crippen molar-refractivity contribution in [1.82, 2.24) is 15.3 Å². The standard InChI is InChI=1S/C20H22ClN3O/c1-11(2)18(24-20(25)14-7-5-6-8-15(14)21)19-22-16-9-12(3)13(4)10-17(16)23-19/h5-11,18H,1-4H3,(H,22,23)(H,24,25). The molecule has 4 nitrogen and oxygen atoms in total. The third-order valence-electron chi connectivity index (χ3n) is 4.48. The number of aromatic amines is 1. The maximum absolute atomic E-state index is 12.6. The van der Waals surface area contributed by atoms with E-state index in [1.54, 1.807) is 18.2 Å². The molecule has 0 radical (unpaired) electrons. The number of H-pyrrole nitrogens is 1. The number of hydrogen-bond acceptors (Lipinski definition) is 2. The van der Waals surface area contributed by atoms with Crippen LogP contribution in [-0.2, 0) is 0 Å². The minimum Gasteiger partial charge on any atom is -0.342 e. The largest absolute Gasteiger partial charge is 0.342 e. The molecule has 0 aliphatic carbocycles. The molecule has 1 unspecified atom stereocenters. The number of benzene rings is 2. The molecule has 0 spiro atoms. The molecule has 1 heterocycles. The van der Waals surface area contributed by atoms with Gasteiger partial charge in [0.05, 0.1) is 27.7 Å². The third-order valence-corrected chi connectivity index (χ3v) is 4.81. The first-order valence-corrected chi connectivity index (χ1v) is 8.77. The molecule has 2 N–H and O–H groups in total. The Bertz CT molecular complexity index is 891. The van der Waals surface area contributed by atoms with Crippen molar-refractivity contribution >= 4 is 28.5 Å². The van der Waals surface area contributed by atoms with E-state index in [9.17, 15) is 4.79 Å². The zero-order chi connectivity index (χ0) is 18.1. The molecular weight excluding hydrogens is 334 g/mol.